The molecular weight excluding hydrogens is 322 g/mol. The van der Waals surface area contributed by atoms with Crippen molar-refractivity contribution in [2.45, 2.75) is 38.5 Å². The molecule has 0 aliphatic carbocycles. The van der Waals surface area contributed by atoms with Crippen LogP contribution in [0.2, 0.25) is 0 Å². The summed E-state index contributed by atoms with van der Waals surface area (Å²) in [4.78, 5) is 0. The Morgan fingerprint density at radius 2 is 2.00 bits per heavy atom. The standard InChI is InChI=1S/C15H22BrNO3/c1-10-15(2,5-6-20-10)17-9-11-7-13(18-3)14(19-4)8-12(11)16/h7-8,10,17H,5-6,9H2,1-4H3. The van der Waals surface area contributed by atoms with Gasteiger partial charge < -0.3 is 19.5 Å². The first-order valence-corrected chi connectivity index (χ1v) is 7.56. The smallest absolute Gasteiger partial charge is 0.161 e. The molecule has 0 spiro atoms. The van der Waals surface area contributed by atoms with Crippen LogP contribution in [-0.2, 0) is 11.3 Å². The third kappa shape index (κ3) is 3.10. The van der Waals surface area contributed by atoms with Crippen LogP contribution in [0, 0.1) is 0 Å². The van der Waals surface area contributed by atoms with E-state index >= 15 is 0 Å². The van der Waals surface area contributed by atoms with E-state index in [9.17, 15) is 0 Å². The topological polar surface area (TPSA) is 39.7 Å². The van der Waals surface area contributed by atoms with E-state index in [1.807, 2.05) is 12.1 Å². The van der Waals surface area contributed by atoms with Crippen molar-refractivity contribution in [1.29, 1.82) is 0 Å². The lowest BCUT2D eigenvalue weighted by molar-refractivity contribution is 0.0881. The van der Waals surface area contributed by atoms with E-state index in [2.05, 4.69) is 35.1 Å². The molecule has 1 aromatic rings. The van der Waals surface area contributed by atoms with Gasteiger partial charge in [-0.25, -0.2) is 0 Å². The molecule has 1 aliphatic heterocycles. The number of hydrogen-bond donors (Lipinski definition) is 1. The highest BCUT2D eigenvalue weighted by molar-refractivity contribution is 9.10. The van der Waals surface area contributed by atoms with E-state index in [0.29, 0.717) is 0 Å². The highest BCUT2D eigenvalue weighted by Crippen LogP contribution is 2.34. The lowest BCUT2D eigenvalue weighted by Crippen LogP contribution is -2.47. The van der Waals surface area contributed by atoms with Gasteiger partial charge in [0.1, 0.15) is 0 Å². The molecule has 5 heteroatoms. The SMILES string of the molecule is COc1cc(Br)c(CNC2(C)CCOC2C)cc1OC. The van der Waals surface area contributed by atoms with E-state index < -0.39 is 0 Å². The fourth-order valence-electron chi connectivity index (χ4n) is 2.40. The summed E-state index contributed by atoms with van der Waals surface area (Å²) in [5.74, 6) is 1.47. The van der Waals surface area contributed by atoms with Crippen molar-refractivity contribution in [3.63, 3.8) is 0 Å². The van der Waals surface area contributed by atoms with Crippen LogP contribution in [0.4, 0.5) is 0 Å². The van der Waals surface area contributed by atoms with Crippen LogP contribution in [0.15, 0.2) is 16.6 Å². The van der Waals surface area contributed by atoms with Gasteiger partial charge in [0.25, 0.3) is 0 Å². The molecular formula is C15H22BrNO3. The largest absolute Gasteiger partial charge is 0.493 e. The number of halogens is 1. The molecule has 0 amide bonds. The second kappa shape index (κ2) is 6.33. The van der Waals surface area contributed by atoms with Gasteiger partial charge in [0.05, 0.1) is 20.3 Å². The average Bonchev–Trinajstić information content (AvgIpc) is 2.77. The fourth-order valence-corrected chi connectivity index (χ4v) is 2.86. The zero-order chi connectivity index (χ0) is 14.8. The zero-order valence-corrected chi connectivity index (χ0v) is 14.0. The summed E-state index contributed by atoms with van der Waals surface area (Å²) in [5.41, 5.74) is 1.16. The van der Waals surface area contributed by atoms with E-state index in [0.717, 1.165) is 41.1 Å². The van der Waals surface area contributed by atoms with Crippen LogP contribution in [-0.4, -0.2) is 32.5 Å². The van der Waals surface area contributed by atoms with Crippen molar-refractivity contribution in [2.75, 3.05) is 20.8 Å². The van der Waals surface area contributed by atoms with Crippen LogP contribution >= 0.6 is 15.9 Å². The maximum Gasteiger partial charge on any atom is 0.161 e. The molecule has 1 heterocycles. The minimum atomic E-state index is 0.0204. The minimum absolute atomic E-state index is 0.0204. The molecule has 0 aromatic heterocycles. The second-order valence-electron chi connectivity index (χ2n) is 5.33. The lowest BCUT2D eigenvalue weighted by atomic mass is 9.94. The number of methoxy groups -OCH3 is 2. The predicted octanol–water partition coefficient (Wildman–Crippen LogP) is 3.12. The van der Waals surface area contributed by atoms with Crippen LogP contribution in [0.5, 0.6) is 11.5 Å². The van der Waals surface area contributed by atoms with E-state index in [1.54, 1.807) is 14.2 Å². The number of nitrogens with one attached hydrogen (secondary N) is 1. The molecule has 1 N–H and O–H groups in total. The molecule has 1 aliphatic rings. The van der Waals surface area contributed by atoms with Gasteiger partial charge in [0.15, 0.2) is 11.5 Å². The molecule has 0 radical (unpaired) electrons. The Morgan fingerprint density at radius 3 is 2.55 bits per heavy atom. The summed E-state index contributed by atoms with van der Waals surface area (Å²) in [7, 11) is 3.29. The van der Waals surface area contributed by atoms with Crippen molar-refractivity contribution in [3.05, 3.63) is 22.2 Å². The van der Waals surface area contributed by atoms with Gasteiger partial charge in [-0.2, -0.15) is 0 Å². The first kappa shape index (κ1) is 15.6. The molecule has 112 valence electrons. The molecule has 1 aromatic carbocycles. The van der Waals surface area contributed by atoms with Crippen molar-refractivity contribution >= 4 is 15.9 Å². The quantitative estimate of drug-likeness (QED) is 0.891. The maximum atomic E-state index is 5.65. The normalized spacial score (nSPS) is 25.8. The van der Waals surface area contributed by atoms with Gasteiger partial charge in [-0.15, -0.1) is 0 Å². The van der Waals surface area contributed by atoms with Gasteiger partial charge in [0.2, 0.25) is 0 Å². The van der Waals surface area contributed by atoms with Crippen LogP contribution in [0.25, 0.3) is 0 Å². The molecule has 2 unspecified atom stereocenters. The van der Waals surface area contributed by atoms with Gasteiger partial charge in [0, 0.05) is 23.2 Å². The highest BCUT2D eigenvalue weighted by Gasteiger charge is 2.36. The Hall–Kier alpha value is -0.780. The summed E-state index contributed by atoms with van der Waals surface area (Å²) in [6.45, 7) is 5.89. The van der Waals surface area contributed by atoms with Crippen molar-refractivity contribution in [2.24, 2.45) is 0 Å². The maximum absolute atomic E-state index is 5.65. The number of rotatable bonds is 5. The van der Waals surface area contributed by atoms with Crippen molar-refractivity contribution < 1.29 is 14.2 Å². The molecule has 2 rings (SSSR count). The Balaban J connectivity index is 2.13. The summed E-state index contributed by atoms with van der Waals surface area (Å²) < 4.78 is 17.3. The monoisotopic (exact) mass is 343 g/mol. The van der Waals surface area contributed by atoms with Gasteiger partial charge in [-0.05, 0) is 38.0 Å². The lowest BCUT2D eigenvalue weighted by Gasteiger charge is -2.29. The summed E-state index contributed by atoms with van der Waals surface area (Å²) in [5, 5.41) is 3.60. The molecule has 1 saturated heterocycles. The van der Waals surface area contributed by atoms with Crippen LogP contribution < -0.4 is 14.8 Å². The summed E-state index contributed by atoms with van der Waals surface area (Å²) >= 11 is 3.59. The third-order valence-corrected chi connectivity index (χ3v) is 4.86. The van der Waals surface area contributed by atoms with Crippen molar-refractivity contribution in [1.82, 2.24) is 5.32 Å². The van der Waals surface area contributed by atoms with E-state index in [1.165, 1.54) is 0 Å². The fraction of sp³-hybridized carbons (Fsp3) is 0.600. The van der Waals surface area contributed by atoms with E-state index in [4.69, 9.17) is 14.2 Å². The van der Waals surface area contributed by atoms with Gasteiger partial charge >= 0.3 is 0 Å². The first-order chi connectivity index (χ1) is 9.50. The number of hydrogen-bond acceptors (Lipinski definition) is 4. The molecule has 2 atom stereocenters. The van der Waals surface area contributed by atoms with Crippen molar-refractivity contribution in [3.8, 4) is 11.5 Å². The molecule has 1 fully saturated rings. The van der Waals surface area contributed by atoms with E-state index in [-0.39, 0.29) is 11.6 Å². The third-order valence-electron chi connectivity index (χ3n) is 4.12. The first-order valence-electron chi connectivity index (χ1n) is 6.77. The molecule has 0 saturated carbocycles. The average molecular weight is 344 g/mol. The van der Waals surface area contributed by atoms with Gasteiger partial charge in [-0.1, -0.05) is 15.9 Å². The number of benzene rings is 1. The van der Waals surface area contributed by atoms with Crippen LogP contribution in [0.1, 0.15) is 25.8 Å². The van der Waals surface area contributed by atoms with Crippen LogP contribution in [0.3, 0.4) is 0 Å². The Morgan fingerprint density at radius 1 is 1.35 bits per heavy atom. The number of ether oxygens (including phenoxy) is 3. The molecule has 0 bridgehead atoms. The second-order valence-corrected chi connectivity index (χ2v) is 6.19. The predicted molar refractivity (Wildman–Crippen MR) is 82.5 cm³/mol. The minimum Gasteiger partial charge on any atom is -0.493 e. The molecule has 20 heavy (non-hydrogen) atoms. The Kier molecular flexibility index (Phi) is 4.94. The molecule has 4 nitrogen and oxygen atoms in total. The summed E-state index contributed by atoms with van der Waals surface area (Å²) in [6, 6.07) is 3.94. The highest BCUT2D eigenvalue weighted by atomic mass is 79.9. The Bertz CT molecular complexity index is 480. The summed E-state index contributed by atoms with van der Waals surface area (Å²) in [6.07, 6.45) is 1.25. The Labute approximate surface area is 128 Å². The zero-order valence-electron chi connectivity index (χ0n) is 12.5. The van der Waals surface area contributed by atoms with Gasteiger partial charge in [-0.3, -0.25) is 0 Å².